The summed E-state index contributed by atoms with van der Waals surface area (Å²) < 4.78 is 6.17. The Kier molecular flexibility index (Phi) is 4.97. The van der Waals surface area contributed by atoms with Crippen LogP contribution in [0.25, 0.3) is 0 Å². The van der Waals surface area contributed by atoms with Gasteiger partial charge in [0.05, 0.1) is 17.3 Å². The third kappa shape index (κ3) is 3.78. The van der Waals surface area contributed by atoms with Gasteiger partial charge in [-0.3, -0.25) is 0 Å². The van der Waals surface area contributed by atoms with Gasteiger partial charge >= 0.3 is 0 Å². The smallest absolute Gasteiger partial charge is 0.156 e. The molecule has 0 unspecified atom stereocenters. The average Bonchev–Trinajstić information content (AvgIpc) is 2.37. The number of halogens is 3. The number of hydrogen-bond acceptors (Lipinski definition) is 2. The lowest BCUT2D eigenvalue weighted by Gasteiger charge is -2.13. The highest BCUT2D eigenvalue weighted by Gasteiger charge is 2.09. The van der Waals surface area contributed by atoms with Gasteiger partial charge in [0.1, 0.15) is 0 Å². The van der Waals surface area contributed by atoms with Gasteiger partial charge in [-0.2, -0.15) is 0 Å². The highest BCUT2D eigenvalue weighted by molar-refractivity contribution is 9.10. The van der Waals surface area contributed by atoms with E-state index < -0.39 is 0 Å². The van der Waals surface area contributed by atoms with E-state index in [0.29, 0.717) is 11.6 Å². The summed E-state index contributed by atoms with van der Waals surface area (Å²) in [6.07, 6.45) is 0. The molecule has 0 aliphatic heterocycles. The molecule has 0 saturated heterocycles. The molecule has 0 saturated carbocycles. The highest BCUT2D eigenvalue weighted by Crippen LogP contribution is 2.36. The molecule has 5 heteroatoms. The summed E-state index contributed by atoms with van der Waals surface area (Å²) in [5.41, 5.74) is 1.97. The number of methoxy groups -OCH3 is 1. The summed E-state index contributed by atoms with van der Waals surface area (Å²) in [4.78, 5) is 0. The van der Waals surface area contributed by atoms with Gasteiger partial charge in [-0.15, -0.1) is 0 Å². The van der Waals surface area contributed by atoms with Crippen LogP contribution in [0.1, 0.15) is 5.56 Å². The second-order valence-electron chi connectivity index (χ2n) is 3.95. The van der Waals surface area contributed by atoms with E-state index >= 15 is 0 Å². The predicted molar refractivity (Wildman–Crippen MR) is 84.5 cm³/mol. The first kappa shape index (κ1) is 14.5. The van der Waals surface area contributed by atoms with Gasteiger partial charge in [0.2, 0.25) is 0 Å². The van der Waals surface area contributed by atoms with Crippen molar-refractivity contribution in [3.63, 3.8) is 0 Å². The summed E-state index contributed by atoms with van der Waals surface area (Å²) in [5, 5.41) is 4.67. The maximum Gasteiger partial charge on any atom is 0.156 e. The van der Waals surface area contributed by atoms with Crippen LogP contribution in [0.2, 0.25) is 10.0 Å². The zero-order valence-corrected chi connectivity index (χ0v) is 13.3. The molecule has 0 aliphatic carbocycles. The molecule has 0 radical (unpaired) electrons. The fourth-order valence-corrected chi connectivity index (χ4v) is 2.80. The monoisotopic (exact) mass is 359 g/mol. The Balaban J connectivity index is 2.17. The first-order chi connectivity index (χ1) is 9.10. The molecule has 0 bridgehead atoms. The first-order valence-electron chi connectivity index (χ1n) is 5.61. The number of hydrogen-bond donors (Lipinski definition) is 1. The van der Waals surface area contributed by atoms with Gasteiger partial charge < -0.3 is 10.1 Å². The van der Waals surface area contributed by atoms with Crippen LogP contribution in [0.15, 0.2) is 40.9 Å². The SMILES string of the molecule is COc1c(Br)cc(Cl)cc1NCc1ccc(Cl)cc1. The Morgan fingerprint density at radius 1 is 1.11 bits per heavy atom. The van der Waals surface area contributed by atoms with E-state index in [1.54, 1.807) is 13.2 Å². The van der Waals surface area contributed by atoms with Crippen molar-refractivity contribution in [2.24, 2.45) is 0 Å². The van der Waals surface area contributed by atoms with E-state index in [4.69, 9.17) is 27.9 Å². The molecule has 2 aromatic carbocycles. The maximum absolute atomic E-state index is 6.04. The number of anilines is 1. The molecule has 0 aliphatic rings. The summed E-state index contributed by atoms with van der Waals surface area (Å²) in [6.45, 7) is 0.667. The zero-order valence-electron chi connectivity index (χ0n) is 10.2. The molecule has 0 amide bonds. The third-order valence-electron chi connectivity index (χ3n) is 2.61. The van der Waals surface area contributed by atoms with Crippen molar-refractivity contribution in [1.82, 2.24) is 0 Å². The van der Waals surface area contributed by atoms with Crippen LogP contribution >= 0.6 is 39.1 Å². The van der Waals surface area contributed by atoms with Crippen LogP contribution in [0.5, 0.6) is 5.75 Å². The third-order valence-corrected chi connectivity index (χ3v) is 3.67. The Morgan fingerprint density at radius 3 is 2.42 bits per heavy atom. The molecule has 2 nitrogen and oxygen atoms in total. The molecule has 0 aromatic heterocycles. The van der Waals surface area contributed by atoms with Crippen molar-refractivity contribution in [3.05, 3.63) is 56.5 Å². The Labute approximate surface area is 130 Å². The lowest BCUT2D eigenvalue weighted by molar-refractivity contribution is 0.414. The van der Waals surface area contributed by atoms with Gasteiger partial charge in [-0.1, -0.05) is 35.3 Å². The quantitative estimate of drug-likeness (QED) is 0.790. The minimum Gasteiger partial charge on any atom is -0.493 e. The number of benzene rings is 2. The molecule has 0 heterocycles. The second-order valence-corrected chi connectivity index (χ2v) is 5.68. The fourth-order valence-electron chi connectivity index (χ4n) is 1.70. The normalized spacial score (nSPS) is 10.3. The average molecular weight is 361 g/mol. The second kappa shape index (κ2) is 6.51. The Bertz CT molecular complexity index is 572. The number of ether oxygens (including phenoxy) is 1. The fraction of sp³-hybridized carbons (Fsp3) is 0.143. The predicted octanol–water partition coefficient (Wildman–Crippen LogP) is 5.38. The zero-order chi connectivity index (χ0) is 13.8. The Hall–Kier alpha value is -0.900. The summed E-state index contributed by atoms with van der Waals surface area (Å²) in [7, 11) is 1.63. The van der Waals surface area contributed by atoms with Crippen LogP contribution in [0.3, 0.4) is 0 Å². The summed E-state index contributed by atoms with van der Waals surface area (Å²) >= 11 is 15.3. The van der Waals surface area contributed by atoms with Gasteiger partial charge in [0.15, 0.2) is 5.75 Å². The van der Waals surface area contributed by atoms with Crippen LogP contribution < -0.4 is 10.1 Å². The van der Waals surface area contributed by atoms with E-state index in [-0.39, 0.29) is 0 Å². The molecule has 1 N–H and O–H groups in total. The maximum atomic E-state index is 6.04. The largest absolute Gasteiger partial charge is 0.493 e. The summed E-state index contributed by atoms with van der Waals surface area (Å²) in [6, 6.07) is 11.3. The van der Waals surface area contributed by atoms with Gasteiger partial charge in [-0.25, -0.2) is 0 Å². The standard InChI is InChI=1S/C14H12BrCl2NO/c1-19-14-12(15)6-11(17)7-13(14)18-8-9-2-4-10(16)5-3-9/h2-7,18H,8H2,1H3. The van der Waals surface area contributed by atoms with Crippen molar-refractivity contribution < 1.29 is 4.74 Å². The number of rotatable bonds is 4. The van der Waals surface area contributed by atoms with Crippen LogP contribution in [0.4, 0.5) is 5.69 Å². The van der Waals surface area contributed by atoms with Crippen molar-refractivity contribution in [3.8, 4) is 5.75 Å². The van der Waals surface area contributed by atoms with Crippen molar-refractivity contribution in [1.29, 1.82) is 0 Å². The lowest BCUT2D eigenvalue weighted by atomic mass is 10.2. The van der Waals surface area contributed by atoms with E-state index in [1.807, 2.05) is 30.3 Å². The molecular weight excluding hydrogens is 349 g/mol. The van der Waals surface area contributed by atoms with Gasteiger partial charge in [0.25, 0.3) is 0 Å². The molecule has 100 valence electrons. The van der Waals surface area contributed by atoms with Crippen molar-refractivity contribution >= 4 is 44.8 Å². The van der Waals surface area contributed by atoms with Crippen molar-refractivity contribution in [2.45, 2.75) is 6.54 Å². The first-order valence-corrected chi connectivity index (χ1v) is 7.16. The molecule has 2 rings (SSSR count). The van der Waals surface area contributed by atoms with E-state index in [2.05, 4.69) is 21.2 Å². The van der Waals surface area contributed by atoms with Crippen LogP contribution in [-0.2, 0) is 6.54 Å². The lowest BCUT2D eigenvalue weighted by Crippen LogP contribution is -2.01. The summed E-state index contributed by atoms with van der Waals surface area (Å²) in [5.74, 6) is 0.735. The van der Waals surface area contributed by atoms with E-state index in [9.17, 15) is 0 Å². The van der Waals surface area contributed by atoms with Crippen LogP contribution in [-0.4, -0.2) is 7.11 Å². The molecule has 19 heavy (non-hydrogen) atoms. The Morgan fingerprint density at radius 2 is 1.79 bits per heavy atom. The molecule has 0 spiro atoms. The van der Waals surface area contributed by atoms with Crippen molar-refractivity contribution in [2.75, 3.05) is 12.4 Å². The molecule has 0 fully saturated rings. The number of nitrogens with one attached hydrogen (secondary N) is 1. The minimum atomic E-state index is 0.645. The molecule has 2 aromatic rings. The van der Waals surface area contributed by atoms with Gasteiger partial charge in [-0.05, 0) is 45.8 Å². The molecule has 0 atom stereocenters. The molecular formula is C14H12BrCl2NO. The van der Waals surface area contributed by atoms with E-state index in [0.717, 1.165) is 26.5 Å². The highest BCUT2D eigenvalue weighted by atomic mass is 79.9. The van der Waals surface area contributed by atoms with E-state index in [1.165, 1.54) is 0 Å². The van der Waals surface area contributed by atoms with Crippen LogP contribution in [0, 0.1) is 0 Å². The topological polar surface area (TPSA) is 21.3 Å². The van der Waals surface area contributed by atoms with Gasteiger partial charge in [0, 0.05) is 16.6 Å². The minimum absolute atomic E-state index is 0.645.